The highest BCUT2D eigenvalue weighted by atomic mass is 32.1. The molecule has 0 atom stereocenters. The van der Waals surface area contributed by atoms with Crippen molar-refractivity contribution >= 4 is 63.8 Å². The van der Waals surface area contributed by atoms with Gasteiger partial charge in [-0.15, -0.1) is 22.7 Å². The molecule has 0 aliphatic heterocycles. The standard InChI is InChI=1S/C51H31N3S2/c1-4-15-32(16-5-1)42-31-43(54-51(53-42)36-19-8-3-9-20-36)33-27-29-35(30-28-33)48-45(40-24-14-23-38-37-21-11-13-26-44(37)55-49(38)40)46-47(34-17-6-2-7-18-34)52-41-25-12-10-22-39(41)50(46)56-48/h1-31H. The molecule has 0 spiro atoms. The number of nitrogens with zero attached hydrogens (tertiary/aromatic N) is 3. The first kappa shape index (κ1) is 32.6. The van der Waals surface area contributed by atoms with E-state index in [0.717, 1.165) is 50.4 Å². The zero-order chi connectivity index (χ0) is 37.0. The first-order valence-corrected chi connectivity index (χ1v) is 20.3. The van der Waals surface area contributed by atoms with Gasteiger partial charge in [0.2, 0.25) is 0 Å². The van der Waals surface area contributed by atoms with Gasteiger partial charge in [-0.05, 0) is 23.8 Å². The maximum atomic E-state index is 5.41. The fraction of sp³-hybridized carbons (Fsp3) is 0. The lowest BCUT2D eigenvalue weighted by Gasteiger charge is -2.12. The molecule has 0 aliphatic carbocycles. The maximum absolute atomic E-state index is 5.41. The average molecular weight is 750 g/mol. The summed E-state index contributed by atoms with van der Waals surface area (Å²) in [6, 6.07) is 66.4. The van der Waals surface area contributed by atoms with Crippen molar-refractivity contribution in [3.8, 4) is 66.7 Å². The second-order valence-corrected chi connectivity index (χ2v) is 16.0. The molecule has 0 radical (unpaired) electrons. The quantitative estimate of drug-likeness (QED) is 0.170. The van der Waals surface area contributed by atoms with Crippen LogP contribution in [0.3, 0.4) is 0 Å². The van der Waals surface area contributed by atoms with Crippen molar-refractivity contribution < 1.29 is 0 Å². The second-order valence-electron chi connectivity index (χ2n) is 13.9. The first-order valence-electron chi connectivity index (χ1n) is 18.7. The van der Waals surface area contributed by atoms with Crippen LogP contribution in [0.1, 0.15) is 0 Å². The van der Waals surface area contributed by atoms with Crippen molar-refractivity contribution in [2.24, 2.45) is 0 Å². The number of aromatic nitrogens is 3. The highest BCUT2D eigenvalue weighted by molar-refractivity contribution is 7.27. The lowest BCUT2D eigenvalue weighted by molar-refractivity contribution is 1.18. The molecule has 5 heteroatoms. The van der Waals surface area contributed by atoms with E-state index in [4.69, 9.17) is 15.0 Å². The molecule has 0 aliphatic rings. The van der Waals surface area contributed by atoms with Crippen molar-refractivity contribution in [2.75, 3.05) is 0 Å². The summed E-state index contributed by atoms with van der Waals surface area (Å²) in [7, 11) is 0. The van der Waals surface area contributed by atoms with Crippen LogP contribution in [0, 0.1) is 0 Å². The summed E-state index contributed by atoms with van der Waals surface area (Å²) in [5, 5.41) is 4.94. The number of fused-ring (bicyclic) bond motifs is 6. The molecular formula is C51H31N3S2. The average Bonchev–Trinajstić information content (AvgIpc) is 3.87. The molecule has 0 saturated carbocycles. The van der Waals surface area contributed by atoms with Crippen LogP contribution in [-0.2, 0) is 0 Å². The van der Waals surface area contributed by atoms with Gasteiger partial charge in [-0.2, -0.15) is 0 Å². The van der Waals surface area contributed by atoms with Gasteiger partial charge in [-0.3, -0.25) is 0 Å². The highest BCUT2D eigenvalue weighted by Crippen LogP contribution is 2.52. The van der Waals surface area contributed by atoms with Gasteiger partial charge >= 0.3 is 0 Å². The lowest BCUT2D eigenvalue weighted by Crippen LogP contribution is -1.95. The fourth-order valence-corrected chi connectivity index (χ4v) is 10.4. The Hall–Kier alpha value is -6.79. The predicted octanol–water partition coefficient (Wildman–Crippen LogP) is 14.6. The highest BCUT2D eigenvalue weighted by Gasteiger charge is 2.25. The summed E-state index contributed by atoms with van der Waals surface area (Å²) < 4.78 is 3.83. The minimum absolute atomic E-state index is 0.710. The molecule has 0 N–H and O–H groups in total. The van der Waals surface area contributed by atoms with Crippen LogP contribution >= 0.6 is 22.7 Å². The van der Waals surface area contributed by atoms with E-state index >= 15 is 0 Å². The Morgan fingerprint density at radius 2 is 0.946 bits per heavy atom. The SMILES string of the molecule is c1ccc(-c2cc(-c3ccc(-c4sc5c(c(-c6ccccc6)nc6ccccc65)c4-c4cccc5c4sc4ccccc45)cc3)nc(-c3ccccc3)n2)cc1. The summed E-state index contributed by atoms with van der Waals surface area (Å²) >= 11 is 3.74. The molecule has 0 unspecified atom stereocenters. The lowest BCUT2D eigenvalue weighted by atomic mass is 9.93. The molecule has 0 fully saturated rings. The Labute approximate surface area is 331 Å². The number of benzene rings is 7. The molecule has 56 heavy (non-hydrogen) atoms. The van der Waals surface area contributed by atoms with E-state index in [9.17, 15) is 0 Å². The number of rotatable bonds is 6. The summed E-state index contributed by atoms with van der Waals surface area (Å²) in [6.07, 6.45) is 0. The molecule has 11 aromatic rings. The molecule has 4 heterocycles. The van der Waals surface area contributed by atoms with Crippen molar-refractivity contribution in [3.05, 3.63) is 188 Å². The zero-order valence-electron chi connectivity index (χ0n) is 30.1. The van der Waals surface area contributed by atoms with E-state index in [-0.39, 0.29) is 0 Å². The van der Waals surface area contributed by atoms with E-state index in [0.29, 0.717) is 5.82 Å². The first-order chi connectivity index (χ1) is 27.8. The Morgan fingerprint density at radius 1 is 0.375 bits per heavy atom. The van der Waals surface area contributed by atoms with Crippen LogP contribution in [-0.4, -0.2) is 15.0 Å². The van der Waals surface area contributed by atoms with Gasteiger partial charge in [0, 0.05) is 73.9 Å². The largest absolute Gasteiger partial charge is 0.247 e. The maximum Gasteiger partial charge on any atom is 0.160 e. The summed E-state index contributed by atoms with van der Waals surface area (Å²) in [6.45, 7) is 0. The van der Waals surface area contributed by atoms with Crippen molar-refractivity contribution in [1.29, 1.82) is 0 Å². The third-order valence-electron chi connectivity index (χ3n) is 10.5. The molecule has 0 amide bonds. The van der Waals surface area contributed by atoms with Gasteiger partial charge in [-0.25, -0.2) is 15.0 Å². The second kappa shape index (κ2) is 13.5. The van der Waals surface area contributed by atoms with Gasteiger partial charge in [0.1, 0.15) is 0 Å². The topological polar surface area (TPSA) is 38.7 Å². The van der Waals surface area contributed by atoms with Gasteiger partial charge < -0.3 is 0 Å². The van der Waals surface area contributed by atoms with Crippen LogP contribution in [0.2, 0.25) is 0 Å². The minimum atomic E-state index is 0.710. The van der Waals surface area contributed by atoms with Crippen LogP contribution in [0.15, 0.2) is 188 Å². The molecule has 0 saturated heterocycles. The Bertz CT molecular complexity index is 3170. The number of pyridine rings is 1. The fourth-order valence-electron chi connectivity index (χ4n) is 7.86. The third kappa shape index (κ3) is 5.51. The van der Waals surface area contributed by atoms with Crippen molar-refractivity contribution in [3.63, 3.8) is 0 Å². The molecule has 11 rings (SSSR count). The van der Waals surface area contributed by atoms with E-state index in [1.807, 2.05) is 46.9 Å². The van der Waals surface area contributed by atoms with Gasteiger partial charge in [0.15, 0.2) is 5.82 Å². The summed E-state index contributed by atoms with van der Waals surface area (Å²) in [5.41, 5.74) is 11.6. The minimum Gasteiger partial charge on any atom is -0.247 e. The van der Waals surface area contributed by atoms with E-state index in [2.05, 4.69) is 164 Å². The zero-order valence-corrected chi connectivity index (χ0v) is 31.7. The predicted molar refractivity (Wildman–Crippen MR) is 238 cm³/mol. The van der Waals surface area contributed by atoms with Crippen LogP contribution in [0.5, 0.6) is 0 Å². The van der Waals surface area contributed by atoms with Crippen LogP contribution in [0.4, 0.5) is 0 Å². The molecule has 7 aromatic carbocycles. The van der Waals surface area contributed by atoms with Crippen molar-refractivity contribution in [1.82, 2.24) is 15.0 Å². The van der Waals surface area contributed by atoms with Gasteiger partial charge in [0.25, 0.3) is 0 Å². The Balaban J connectivity index is 1.16. The molecule has 0 bridgehead atoms. The Morgan fingerprint density at radius 3 is 1.68 bits per heavy atom. The number of thiophene rings is 2. The molecule has 4 aromatic heterocycles. The van der Waals surface area contributed by atoms with Crippen LogP contribution in [0.25, 0.3) is 108 Å². The molecule has 262 valence electrons. The monoisotopic (exact) mass is 749 g/mol. The molecule has 3 nitrogen and oxygen atoms in total. The van der Waals surface area contributed by atoms with Crippen molar-refractivity contribution in [2.45, 2.75) is 0 Å². The number of hydrogen-bond acceptors (Lipinski definition) is 5. The summed E-state index contributed by atoms with van der Waals surface area (Å²) in [4.78, 5) is 16.8. The van der Waals surface area contributed by atoms with E-state index < -0.39 is 0 Å². The normalized spacial score (nSPS) is 11.6. The third-order valence-corrected chi connectivity index (χ3v) is 13.0. The number of para-hydroxylation sites is 1. The smallest absolute Gasteiger partial charge is 0.160 e. The Kier molecular flexibility index (Phi) is 7.87. The van der Waals surface area contributed by atoms with Crippen LogP contribution < -0.4 is 0 Å². The number of hydrogen-bond donors (Lipinski definition) is 0. The van der Waals surface area contributed by atoms with Gasteiger partial charge in [0.05, 0.1) is 22.6 Å². The van der Waals surface area contributed by atoms with Gasteiger partial charge in [-0.1, -0.05) is 170 Å². The van der Waals surface area contributed by atoms with E-state index in [1.165, 1.54) is 51.6 Å². The van der Waals surface area contributed by atoms with E-state index in [1.54, 1.807) is 0 Å². The summed E-state index contributed by atoms with van der Waals surface area (Å²) in [5.74, 6) is 0.710. The molecular weight excluding hydrogens is 719 g/mol.